The van der Waals surface area contributed by atoms with Crippen molar-refractivity contribution >= 4 is 15.7 Å². The fraction of sp³-hybridized carbons (Fsp3) is 0.571. The second kappa shape index (κ2) is 7.61. The van der Waals surface area contributed by atoms with E-state index in [0.29, 0.717) is 10.6 Å². The molecule has 0 unspecified atom stereocenters. The molecule has 1 aromatic rings. The van der Waals surface area contributed by atoms with Crippen molar-refractivity contribution in [2.45, 2.75) is 18.7 Å². The van der Waals surface area contributed by atoms with Gasteiger partial charge in [-0.1, -0.05) is 26.0 Å². The predicted molar refractivity (Wildman–Crippen MR) is 83.6 cm³/mol. The van der Waals surface area contributed by atoms with Crippen molar-refractivity contribution in [3.8, 4) is 0 Å². The zero-order valence-electron chi connectivity index (χ0n) is 12.8. The molecule has 0 spiro atoms. The van der Waals surface area contributed by atoms with Crippen molar-refractivity contribution < 1.29 is 8.42 Å². The highest BCUT2D eigenvalue weighted by Gasteiger charge is 2.20. The highest BCUT2D eigenvalue weighted by atomic mass is 32.2. The van der Waals surface area contributed by atoms with Gasteiger partial charge in [0.05, 0.1) is 5.69 Å². The molecule has 0 atom stereocenters. The summed E-state index contributed by atoms with van der Waals surface area (Å²) in [4.78, 5) is 2.61. The molecule has 0 amide bonds. The number of nitrogens with zero attached hydrogens (tertiary/aromatic N) is 2. The average Bonchev–Trinajstić information content (AvgIpc) is 2.44. The van der Waals surface area contributed by atoms with Gasteiger partial charge in [0.2, 0.25) is 10.0 Å². The maximum absolute atomic E-state index is 12.2. The van der Waals surface area contributed by atoms with E-state index in [-0.39, 0.29) is 0 Å². The summed E-state index contributed by atoms with van der Waals surface area (Å²) in [6.45, 7) is 7.85. The Kier molecular flexibility index (Phi) is 6.45. The minimum Gasteiger partial charge on any atom is -0.383 e. The van der Waals surface area contributed by atoms with Gasteiger partial charge in [-0.2, -0.15) is 0 Å². The van der Waals surface area contributed by atoms with Crippen LogP contribution in [0, 0.1) is 0 Å². The van der Waals surface area contributed by atoms with Crippen molar-refractivity contribution in [2.24, 2.45) is 0 Å². The summed E-state index contributed by atoms with van der Waals surface area (Å²) in [6, 6.07) is 7.02. The number of benzene rings is 1. The number of hydrogen-bond donors (Lipinski definition) is 1. The molecule has 0 saturated heterocycles. The van der Waals surface area contributed by atoms with Crippen LogP contribution in [0.4, 0.5) is 5.69 Å². The van der Waals surface area contributed by atoms with E-state index in [1.54, 1.807) is 32.3 Å². The highest BCUT2D eigenvalue weighted by molar-refractivity contribution is 7.89. The zero-order chi connectivity index (χ0) is 15.2. The summed E-state index contributed by atoms with van der Waals surface area (Å²) in [6.07, 6.45) is 0. The molecule has 6 heteroatoms. The molecule has 0 saturated carbocycles. The van der Waals surface area contributed by atoms with Crippen molar-refractivity contribution in [1.82, 2.24) is 9.21 Å². The molecule has 0 fully saturated rings. The SMILES string of the molecule is CCN(CC)CCNc1ccccc1S(=O)(=O)N(C)C. The van der Waals surface area contributed by atoms with Crippen molar-refractivity contribution in [3.63, 3.8) is 0 Å². The van der Waals surface area contributed by atoms with Crippen LogP contribution < -0.4 is 5.32 Å². The Morgan fingerprint density at radius 1 is 1.10 bits per heavy atom. The van der Waals surface area contributed by atoms with Gasteiger partial charge < -0.3 is 10.2 Å². The smallest absolute Gasteiger partial charge is 0.244 e. The van der Waals surface area contributed by atoms with Crippen LogP contribution >= 0.6 is 0 Å². The summed E-state index contributed by atoms with van der Waals surface area (Å²) >= 11 is 0. The molecule has 20 heavy (non-hydrogen) atoms. The number of rotatable bonds is 8. The largest absolute Gasteiger partial charge is 0.383 e. The van der Waals surface area contributed by atoms with Gasteiger partial charge in [-0.15, -0.1) is 0 Å². The third-order valence-electron chi connectivity index (χ3n) is 3.28. The molecule has 1 aromatic carbocycles. The number of anilines is 1. The highest BCUT2D eigenvalue weighted by Crippen LogP contribution is 2.22. The topological polar surface area (TPSA) is 52.7 Å². The number of nitrogens with one attached hydrogen (secondary N) is 1. The van der Waals surface area contributed by atoms with Crippen LogP contribution in [0.3, 0.4) is 0 Å². The standard InChI is InChI=1S/C14H25N3O2S/c1-5-17(6-2)12-11-15-13-9-7-8-10-14(13)20(18,19)16(3)4/h7-10,15H,5-6,11-12H2,1-4H3. The van der Waals surface area contributed by atoms with Gasteiger partial charge in [0.25, 0.3) is 0 Å². The van der Waals surface area contributed by atoms with Gasteiger partial charge in [-0.05, 0) is 25.2 Å². The minimum absolute atomic E-state index is 0.324. The summed E-state index contributed by atoms with van der Waals surface area (Å²) in [5.74, 6) is 0. The molecular formula is C14H25N3O2S. The summed E-state index contributed by atoms with van der Waals surface area (Å²) in [7, 11) is -0.325. The summed E-state index contributed by atoms with van der Waals surface area (Å²) < 4.78 is 25.7. The molecule has 0 heterocycles. The maximum atomic E-state index is 12.2. The molecule has 1 N–H and O–H groups in total. The van der Waals surface area contributed by atoms with Crippen molar-refractivity contribution in [3.05, 3.63) is 24.3 Å². The van der Waals surface area contributed by atoms with Crippen LogP contribution in [0.15, 0.2) is 29.2 Å². The monoisotopic (exact) mass is 299 g/mol. The first-order chi connectivity index (χ1) is 9.43. The Balaban J connectivity index is 2.82. The van der Waals surface area contributed by atoms with E-state index in [1.807, 2.05) is 6.07 Å². The molecule has 0 bridgehead atoms. The quantitative estimate of drug-likeness (QED) is 0.794. The van der Waals surface area contributed by atoms with E-state index in [2.05, 4.69) is 24.1 Å². The lowest BCUT2D eigenvalue weighted by Gasteiger charge is -2.20. The molecular weight excluding hydrogens is 274 g/mol. The van der Waals surface area contributed by atoms with Crippen molar-refractivity contribution in [2.75, 3.05) is 45.6 Å². The molecule has 0 aromatic heterocycles. The van der Waals surface area contributed by atoms with E-state index in [9.17, 15) is 8.42 Å². The second-order valence-corrected chi connectivity index (χ2v) is 6.86. The molecule has 1 rings (SSSR count). The zero-order valence-corrected chi connectivity index (χ0v) is 13.6. The number of para-hydroxylation sites is 1. The molecule has 114 valence electrons. The van der Waals surface area contributed by atoms with E-state index in [1.165, 1.54) is 4.31 Å². The molecule has 0 aliphatic heterocycles. The van der Waals surface area contributed by atoms with E-state index >= 15 is 0 Å². The molecule has 0 aliphatic carbocycles. The molecule has 0 aliphatic rings. The van der Waals surface area contributed by atoms with Crippen LogP contribution in [-0.2, 0) is 10.0 Å². The van der Waals surface area contributed by atoms with Gasteiger partial charge in [-0.25, -0.2) is 12.7 Å². The normalized spacial score (nSPS) is 12.1. The van der Waals surface area contributed by atoms with Gasteiger partial charge in [-0.3, -0.25) is 0 Å². The maximum Gasteiger partial charge on any atom is 0.244 e. The van der Waals surface area contributed by atoms with Crippen LogP contribution in [0.2, 0.25) is 0 Å². The van der Waals surface area contributed by atoms with Crippen LogP contribution in [-0.4, -0.2) is 57.9 Å². The first-order valence-corrected chi connectivity index (χ1v) is 8.35. The lowest BCUT2D eigenvalue weighted by molar-refractivity contribution is 0.316. The fourth-order valence-electron chi connectivity index (χ4n) is 1.92. The van der Waals surface area contributed by atoms with Gasteiger partial charge >= 0.3 is 0 Å². The van der Waals surface area contributed by atoms with Gasteiger partial charge in [0.15, 0.2) is 0 Å². The lowest BCUT2D eigenvalue weighted by Crippen LogP contribution is -2.29. The second-order valence-electron chi connectivity index (χ2n) is 4.74. The van der Waals surface area contributed by atoms with E-state index in [0.717, 1.165) is 26.2 Å². The fourth-order valence-corrected chi connectivity index (χ4v) is 2.98. The predicted octanol–water partition coefficient (Wildman–Crippen LogP) is 1.69. The lowest BCUT2D eigenvalue weighted by atomic mass is 10.3. The Morgan fingerprint density at radius 2 is 1.70 bits per heavy atom. The molecule has 0 radical (unpaired) electrons. The van der Waals surface area contributed by atoms with Crippen molar-refractivity contribution in [1.29, 1.82) is 0 Å². The average molecular weight is 299 g/mol. The number of sulfonamides is 1. The van der Waals surface area contributed by atoms with Crippen LogP contribution in [0.25, 0.3) is 0 Å². The van der Waals surface area contributed by atoms with Gasteiger partial charge in [0, 0.05) is 27.2 Å². The number of hydrogen-bond acceptors (Lipinski definition) is 4. The van der Waals surface area contributed by atoms with Crippen LogP contribution in [0.5, 0.6) is 0 Å². The Labute approximate surface area is 122 Å². The summed E-state index contributed by atoms with van der Waals surface area (Å²) in [5, 5.41) is 3.23. The first-order valence-electron chi connectivity index (χ1n) is 6.91. The first kappa shape index (κ1) is 16.9. The summed E-state index contributed by atoms with van der Waals surface area (Å²) in [5.41, 5.74) is 0.661. The number of likely N-dealkylation sites (N-methyl/N-ethyl adjacent to an activating group) is 1. The third-order valence-corrected chi connectivity index (χ3v) is 5.16. The van der Waals surface area contributed by atoms with Crippen LogP contribution in [0.1, 0.15) is 13.8 Å². The minimum atomic E-state index is -3.41. The van der Waals surface area contributed by atoms with E-state index in [4.69, 9.17) is 0 Å². The Bertz CT molecular complexity index is 511. The Hall–Kier alpha value is -1.11. The van der Waals surface area contributed by atoms with E-state index < -0.39 is 10.0 Å². The molecule has 5 nitrogen and oxygen atoms in total. The third kappa shape index (κ3) is 4.19. The Morgan fingerprint density at radius 3 is 2.25 bits per heavy atom. The van der Waals surface area contributed by atoms with Gasteiger partial charge in [0.1, 0.15) is 4.90 Å².